The maximum absolute atomic E-state index is 6.30. The zero-order valence-electron chi connectivity index (χ0n) is 13.0. The molecule has 1 aromatic carbocycles. The van der Waals surface area contributed by atoms with E-state index in [2.05, 4.69) is 22.5 Å². The number of guanidine groups is 1. The molecular weight excluding hydrogens is 302 g/mol. The van der Waals surface area contributed by atoms with Crippen LogP contribution in [0.1, 0.15) is 25.3 Å². The number of nitrogens with zero attached hydrogens (tertiary/aromatic N) is 1. The van der Waals surface area contributed by atoms with Crippen molar-refractivity contribution in [1.82, 2.24) is 10.6 Å². The van der Waals surface area contributed by atoms with Gasteiger partial charge in [0.05, 0.1) is 18.2 Å². The largest absolute Gasteiger partial charge is 0.489 e. The molecule has 1 heterocycles. The predicted octanol–water partition coefficient (Wildman–Crippen LogP) is 2.57. The monoisotopic (exact) mass is 323 g/mol. The van der Waals surface area contributed by atoms with Crippen LogP contribution in [0.3, 0.4) is 0 Å². The molecular formula is C16H22ClN3O2. The standard InChI is InChI=1S/C16H22ClN3O2/c1-10-6-13(10)20-16(18-2)19-9-11-7-12(17)15-14(8-11)21-4-3-5-22-15/h7-8,10,13H,3-6,9H2,1-2H3,(H2,18,19,20). The Labute approximate surface area is 136 Å². The highest BCUT2D eigenvalue weighted by atomic mass is 35.5. The molecule has 2 aliphatic rings. The topological polar surface area (TPSA) is 54.9 Å². The third kappa shape index (κ3) is 3.58. The third-order valence-electron chi connectivity index (χ3n) is 3.98. The van der Waals surface area contributed by atoms with Crippen LogP contribution in [0.15, 0.2) is 17.1 Å². The Morgan fingerprint density at radius 1 is 1.36 bits per heavy atom. The summed E-state index contributed by atoms with van der Waals surface area (Å²) in [7, 11) is 1.78. The highest BCUT2D eigenvalue weighted by Crippen LogP contribution is 2.38. The number of benzene rings is 1. The van der Waals surface area contributed by atoms with Crippen molar-refractivity contribution >= 4 is 17.6 Å². The summed E-state index contributed by atoms with van der Waals surface area (Å²) >= 11 is 6.30. The lowest BCUT2D eigenvalue weighted by Gasteiger charge is -2.14. The maximum Gasteiger partial charge on any atom is 0.191 e. The van der Waals surface area contributed by atoms with Crippen LogP contribution >= 0.6 is 11.6 Å². The van der Waals surface area contributed by atoms with E-state index in [9.17, 15) is 0 Å². The number of fused-ring (bicyclic) bond motifs is 1. The van der Waals surface area contributed by atoms with Crippen LogP contribution in [-0.2, 0) is 6.54 Å². The minimum atomic E-state index is 0.540. The van der Waals surface area contributed by atoms with E-state index in [0.717, 1.165) is 29.6 Å². The molecule has 1 fully saturated rings. The molecule has 5 nitrogen and oxygen atoms in total. The maximum atomic E-state index is 6.30. The summed E-state index contributed by atoms with van der Waals surface area (Å²) in [6.45, 7) is 4.16. The van der Waals surface area contributed by atoms with Crippen molar-refractivity contribution in [3.05, 3.63) is 22.7 Å². The van der Waals surface area contributed by atoms with E-state index in [4.69, 9.17) is 21.1 Å². The quantitative estimate of drug-likeness (QED) is 0.663. The number of hydrogen-bond acceptors (Lipinski definition) is 3. The Kier molecular flexibility index (Phi) is 4.62. The van der Waals surface area contributed by atoms with E-state index in [0.29, 0.717) is 36.6 Å². The molecule has 2 atom stereocenters. The van der Waals surface area contributed by atoms with Gasteiger partial charge in [-0.15, -0.1) is 0 Å². The Morgan fingerprint density at radius 2 is 2.14 bits per heavy atom. The van der Waals surface area contributed by atoms with Crippen LogP contribution in [0.2, 0.25) is 5.02 Å². The molecule has 1 aliphatic heterocycles. The van der Waals surface area contributed by atoms with Crippen LogP contribution in [0, 0.1) is 5.92 Å². The highest BCUT2D eigenvalue weighted by Gasteiger charge is 2.33. The van der Waals surface area contributed by atoms with Crippen molar-refractivity contribution in [3.63, 3.8) is 0 Å². The van der Waals surface area contributed by atoms with Gasteiger partial charge in [0.1, 0.15) is 0 Å². The van der Waals surface area contributed by atoms with Gasteiger partial charge < -0.3 is 20.1 Å². The molecule has 0 amide bonds. The third-order valence-corrected chi connectivity index (χ3v) is 4.26. The molecule has 6 heteroatoms. The zero-order valence-corrected chi connectivity index (χ0v) is 13.7. The van der Waals surface area contributed by atoms with Gasteiger partial charge in [0.15, 0.2) is 17.5 Å². The number of halogens is 1. The summed E-state index contributed by atoms with van der Waals surface area (Å²) in [6, 6.07) is 4.43. The molecule has 1 aliphatic carbocycles. The van der Waals surface area contributed by atoms with Crippen molar-refractivity contribution < 1.29 is 9.47 Å². The fraction of sp³-hybridized carbons (Fsp3) is 0.562. The van der Waals surface area contributed by atoms with Crippen molar-refractivity contribution in [2.45, 2.75) is 32.4 Å². The fourth-order valence-corrected chi connectivity index (χ4v) is 2.75. The van der Waals surface area contributed by atoms with Crippen LogP contribution in [-0.4, -0.2) is 32.3 Å². The zero-order chi connectivity index (χ0) is 15.5. The molecule has 2 N–H and O–H groups in total. The first-order valence-electron chi connectivity index (χ1n) is 7.72. The van der Waals surface area contributed by atoms with Gasteiger partial charge in [0, 0.05) is 26.1 Å². The Bertz CT molecular complexity index is 577. The van der Waals surface area contributed by atoms with Crippen LogP contribution in [0.4, 0.5) is 0 Å². The summed E-state index contributed by atoms with van der Waals surface area (Å²) in [4.78, 5) is 4.25. The van der Waals surface area contributed by atoms with Gasteiger partial charge in [-0.2, -0.15) is 0 Å². The van der Waals surface area contributed by atoms with Gasteiger partial charge in [-0.1, -0.05) is 18.5 Å². The molecule has 0 radical (unpaired) electrons. The second-order valence-corrected chi connectivity index (χ2v) is 6.25. The van der Waals surface area contributed by atoms with Gasteiger partial charge in [0.25, 0.3) is 0 Å². The van der Waals surface area contributed by atoms with Crippen LogP contribution in [0.5, 0.6) is 11.5 Å². The SMILES string of the molecule is CN=C(NCc1cc(Cl)c2c(c1)OCCCO2)NC1CC1C. The Balaban J connectivity index is 1.64. The number of rotatable bonds is 3. The van der Waals surface area contributed by atoms with Gasteiger partial charge >= 0.3 is 0 Å². The molecule has 2 unspecified atom stereocenters. The van der Waals surface area contributed by atoms with Gasteiger partial charge in [-0.3, -0.25) is 4.99 Å². The molecule has 120 valence electrons. The molecule has 1 saturated carbocycles. The average Bonchev–Trinajstić information content (AvgIpc) is 3.24. The first kappa shape index (κ1) is 15.3. The summed E-state index contributed by atoms with van der Waals surface area (Å²) in [5, 5.41) is 7.30. The predicted molar refractivity (Wildman–Crippen MR) is 88.0 cm³/mol. The number of aliphatic imine (C=N–C) groups is 1. The Hall–Kier alpha value is -1.62. The molecule has 1 aromatic rings. The summed E-state index contributed by atoms with van der Waals surface area (Å²) < 4.78 is 11.3. The Morgan fingerprint density at radius 3 is 2.86 bits per heavy atom. The van der Waals surface area contributed by atoms with Gasteiger partial charge in [-0.05, 0) is 30.0 Å². The van der Waals surface area contributed by atoms with Crippen molar-refractivity contribution in [2.75, 3.05) is 20.3 Å². The summed E-state index contributed by atoms with van der Waals surface area (Å²) in [5.41, 5.74) is 1.04. The van der Waals surface area contributed by atoms with Crippen LogP contribution < -0.4 is 20.1 Å². The highest BCUT2D eigenvalue weighted by molar-refractivity contribution is 6.32. The van der Waals surface area contributed by atoms with Crippen molar-refractivity contribution in [3.8, 4) is 11.5 Å². The van der Waals surface area contributed by atoms with E-state index in [1.807, 2.05) is 12.1 Å². The first-order valence-corrected chi connectivity index (χ1v) is 8.10. The smallest absolute Gasteiger partial charge is 0.191 e. The number of hydrogen-bond donors (Lipinski definition) is 2. The lowest BCUT2D eigenvalue weighted by Crippen LogP contribution is -2.38. The normalized spacial score (nSPS) is 23.7. The van der Waals surface area contributed by atoms with Crippen LogP contribution in [0.25, 0.3) is 0 Å². The molecule has 0 saturated heterocycles. The minimum absolute atomic E-state index is 0.540. The average molecular weight is 324 g/mol. The van der Waals surface area contributed by atoms with E-state index in [-0.39, 0.29) is 0 Å². The van der Waals surface area contributed by atoms with E-state index < -0.39 is 0 Å². The van der Waals surface area contributed by atoms with Crippen molar-refractivity contribution in [1.29, 1.82) is 0 Å². The molecule has 22 heavy (non-hydrogen) atoms. The lowest BCUT2D eigenvalue weighted by atomic mass is 10.2. The second kappa shape index (κ2) is 6.65. The first-order chi connectivity index (χ1) is 10.7. The molecule has 0 spiro atoms. The van der Waals surface area contributed by atoms with E-state index in [1.165, 1.54) is 6.42 Å². The fourth-order valence-electron chi connectivity index (χ4n) is 2.47. The second-order valence-electron chi connectivity index (χ2n) is 5.84. The lowest BCUT2D eigenvalue weighted by molar-refractivity contribution is 0.297. The minimum Gasteiger partial charge on any atom is -0.489 e. The summed E-state index contributed by atoms with van der Waals surface area (Å²) in [5.74, 6) is 2.92. The summed E-state index contributed by atoms with van der Waals surface area (Å²) in [6.07, 6.45) is 2.07. The van der Waals surface area contributed by atoms with Gasteiger partial charge in [-0.25, -0.2) is 0 Å². The molecule has 3 rings (SSSR count). The number of ether oxygens (including phenoxy) is 2. The number of nitrogens with one attached hydrogen (secondary N) is 2. The van der Waals surface area contributed by atoms with E-state index >= 15 is 0 Å². The molecule has 0 aromatic heterocycles. The van der Waals surface area contributed by atoms with E-state index in [1.54, 1.807) is 7.05 Å². The van der Waals surface area contributed by atoms with Gasteiger partial charge in [0.2, 0.25) is 0 Å². The van der Waals surface area contributed by atoms with Crippen molar-refractivity contribution in [2.24, 2.45) is 10.9 Å². The molecule has 0 bridgehead atoms.